The van der Waals surface area contributed by atoms with Crippen LogP contribution in [0.2, 0.25) is 0 Å². The summed E-state index contributed by atoms with van der Waals surface area (Å²) in [5.41, 5.74) is 8.84. The fourth-order valence-electron chi connectivity index (χ4n) is 3.61. The predicted molar refractivity (Wildman–Crippen MR) is 131 cm³/mol. The summed E-state index contributed by atoms with van der Waals surface area (Å²) >= 11 is 0. The first-order valence-corrected chi connectivity index (χ1v) is 12.3. The monoisotopic (exact) mass is 458 g/mol. The first-order valence-electron chi connectivity index (χ1n) is 10.7. The Kier molecular flexibility index (Phi) is 7.19. The molecular weight excluding hydrogens is 432 g/mol. The van der Waals surface area contributed by atoms with Crippen LogP contribution in [-0.4, -0.2) is 8.42 Å². The molecule has 168 valence electrons. The topological polar surface area (TPSA) is 81.4 Å². The van der Waals surface area contributed by atoms with E-state index in [4.69, 9.17) is 10.5 Å². The molecule has 0 spiro atoms. The normalized spacial score (nSPS) is 13.2. The molecule has 33 heavy (non-hydrogen) atoms. The van der Waals surface area contributed by atoms with Crippen LogP contribution in [0, 0.1) is 0 Å². The molecule has 0 aliphatic rings. The molecule has 0 aliphatic carbocycles. The van der Waals surface area contributed by atoms with Gasteiger partial charge in [-0.05, 0) is 41.0 Å². The van der Waals surface area contributed by atoms with Gasteiger partial charge in [0.05, 0.1) is 17.8 Å². The second-order valence-corrected chi connectivity index (χ2v) is 9.51. The Bertz CT molecular complexity index is 1250. The van der Waals surface area contributed by atoms with Gasteiger partial charge < -0.3 is 10.5 Å². The maximum absolute atomic E-state index is 13.1. The third-order valence-corrected chi connectivity index (χ3v) is 6.59. The number of ether oxygens (including phenoxy) is 1. The average molecular weight is 459 g/mol. The van der Waals surface area contributed by atoms with E-state index < -0.39 is 22.1 Å². The van der Waals surface area contributed by atoms with Crippen molar-refractivity contribution in [2.45, 2.75) is 17.8 Å². The number of nitrogens with one attached hydrogen (secondary N) is 1. The zero-order chi connectivity index (χ0) is 23.1. The minimum absolute atomic E-state index is 0.163. The number of hydrogen-bond donors (Lipinski definition) is 2. The van der Waals surface area contributed by atoms with Crippen LogP contribution in [0.25, 0.3) is 0 Å². The highest BCUT2D eigenvalue weighted by atomic mass is 32.2. The first-order chi connectivity index (χ1) is 16.0. The number of para-hydroxylation sites is 1. The molecule has 2 atom stereocenters. The zero-order valence-corrected chi connectivity index (χ0v) is 18.9. The molecule has 3 N–H and O–H groups in total. The maximum Gasteiger partial charge on any atom is 0.216 e. The summed E-state index contributed by atoms with van der Waals surface area (Å²) in [6.45, 7) is 0. The van der Waals surface area contributed by atoms with Crippen LogP contribution >= 0.6 is 0 Å². The van der Waals surface area contributed by atoms with Crippen LogP contribution < -0.4 is 15.2 Å². The summed E-state index contributed by atoms with van der Waals surface area (Å²) in [6.07, 6.45) is 0. The van der Waals surface area contributed by atoms with Gasteiger partial charge in [0, 0.05) is 0 Å². The van der Waals surface area contributed by atoms with Crippen molar-refractivity contribution in [3.05, 3.63) is 132 Å². The number of hydrogen-bond acceptors (Lipinski definition) is 4. The third-order valence-electron chi connectivity index (χ3n) is 5.27. The van der Waals surface area contributed by atoms with E-state index in [0.717, 1.165) is 16.9 Å². The Labute approximate surface area is 194 Å². The minimum atomic E-state index is -3.68. The molecule has 6 heteroatoms. The molecule has 0 radical (unpaired) electrons. The van der Waals surface area contributed by atoms with Gasteiger partial charge >= 0.3 is 0 Å². The average Bonchev–Trinajstić information content (AvgIpc) is 2.85. The van der Waals surface area contributed by atoms with E-state index in [2.05, 4.69) is 4.72 Å². The highest BCUT2D eigenvalue weighted by Gasteiger charge is 2.26. The second-order valence-electron chi connectivity index (χ2n) is 7.76. The molecule has 4 rings (SSSR count). The fourth-order valence-corrected chi connectivity index (χ4v) is 4.99. The van der Waals surface area contributed by atoms with Crippen molar-refractivity contribution in [2.75, 3.05) is 0 Å². The highest BCUT2D eigenvalue weighted by Crippen LogP contribution is 2.28. The van der Waals surface area contributed by atoms with Crippen LogP contribution in [0.15, 0.2) is 115 Å². The second kappa shape index (κ2) is 10.4. The zero-order valence-electron chi connectivity index (χ0n) is 18.0. The van der Waals surface area contributed by atoms with Crippen LogP contribution in [-0.2, 0) is 15.8 Å². The number of sulfonamides is 1. The molecule has 4 aromatic carbocycles. The molecule has 0 aromatic heterocycles. The molecule has 2 unspecified atom stereocenters. The van der Waals surface area contributed by atoms with Gasteiger partial charge in [0.2, 0.25) is 10.0 Å². The number of benzene rings is 4. The lowest BCUT2D eigenvalue weighted by atomic mass is 9.95. The molecule has 0 heterocycles. The van der Waals surface area contributed by atoms with E-state index in [1.807, 2.05) is 91.0 Å². The Morgan fingerprint density at radius 2 is 1.15 bits per heavy atom. The van der Waals surface area contributed by atoms with E-state index in [9.17, 15) is 8.42 Å². The van der Waals surface area contributed by atoms with Gasteiger partial charge in [0.1, 0.15) is 11.5 Å². The largest absolute Gasteiger partial charge is 0.457 e. The summed E-state index contributed by atoms with van der Waals surface area (Å²) in [6, 6.07) is 34.2. The summed E-state index contributed by atoms with van der Waals surface area (Å²) in [5, 5.41) is 0. The Balaban J connectivity index is 1.50. The van der Waals surface area contributed by atoms with Gasteiger partial charge in [-0.25, -0.2) is 13.1 Å². The van der Waals surface area contributed by atoms with Gasteiger partial charge in [-0.15, -0.1) is 0 Å². The first kappa shape index (κ1) is 22.7. The van der Waals surface area contributed by atoms with Crippen molar-refractivity contribution in [2.24, 2.45) is 5.73 Å². The van der Waals surface area contributed by atoms with Crippen molar-refractivity contribution in [3.8, 4) is 11.5 Å². The smallest absolute Gasteiger partial charge is 0.216 e. The molecule has 0 saturated heterocycles. The number of rotatable bonds is 9. The quantitative estimate of drug-likeness (QED) is 0.355. The van der Waals surface area contributed by atoms with E-state index in [1.54, 1.807) is 24.3 Å². The van der Waals surface area contributed by atoms with Crippen LogP contribution in [0.1, 0.15) is 28.8 Å². The summed E-state index contributed by atoms with van der Waals surface area (Å²) in [4.78, 5) is 0. The van der Waals surface area contributed by atoms with Gasteiger partial charge in [-0.2, -0.15) is 0 Å². The van der Waals surface area contributed by atoms with Crippen molar-refractivity contribution in [1.82, 2.24) is 4.72 Å². The SMILES string of the molecule is NC(c1ccccc1)C(NS(=O)(=O)Cc1ccc(Oc2ccccc2)cc1)c1ccccc1. The van der Waals surface area contributed by atoms with Crippen LogP contribution in [0.5, 0.6) is 11.5 Å². The van der Waals surface area contributed by atoms with Crippen molar-refractivity contribution in [1.29, 1.82) is 0 Å². The van der Waals surface area contributed by atoms with Gasteiger partial charge in [0.25, 0.3) is 0 Å². The van der Waals surface area contributed by atoms with Crippen molar-refractivity contribution in [3.63, 3.8) is 0 Å². The van der Waals surface area contributed by atoms with Gasteiger partial charge in [0.15, 0.2) is 0 Å². The van der Waals surface area contributed by atoms with E-state index in [-0.39, 0.29) is 5.75 Å². The predicted octanol–water partition coefficient (Wildman–Crippen LogP) is 5.34. The van der Waals surface area contributed by atoms with Gasteiger partial charge in [-0.3, -0.25) is 0 Å². The molecule has 0 amide bonds. The Morgan fingerprint density at radius 3 is 1.73 bits per heavy atom. The number of nitrogens with two attached hydrogens (primary N) is 1. The Hall–Kier alpha value is -3.45. The van der Waals surface area contributed by atoms with E-state index in [1.165, 1.54) is 0 Å². The molecule has 0 aliphatic heterocycles. The molecule has 0 bridgehead atoms. The van der Waals surface area contributed by atoms with E-state index >= 15 is 0 Å². The third kappa shape index (κ3) is 6.29. The summed E-state index contributed by atoms with van der Waals surface area (Å²) < 4.78 is 34.8. The van der Waals surface area contributed by atoms with E-state index in [0.29, 0.717) is 11.3 Å². The highest BCUT2D eigenvalue weighted by molar-refractivity contribution is 7.88. The lowest BCUT2D eigenvalue weighted by Gasteiger charge is -2.26. The van der Waals surface area contributed by atoms with Crippen LogP contribution in [0.4, 0.5) is 0 Å². The summed E-state index contributed by atoms with van der Waals surface area (Å²) in [7, 11) is -3.68. The lowest BCUT2D eigenvalue weighted by molar-refractivity contribution is 0.482. The molecule has 4 aromatic rings. The molecular formula is C27H26N2O3S. The minimum Gasteiger partial charge on any atom is -0.457 e. The van der Waals surface area contributed by atoms with Crippen molar-refractivity contribution >= 4 is 10.0 Å². The van der Waals surface area contributed by atoms with Crippen LogP contribution in [0.3, 0.4) is 0 Å². The van der Waals surface area contributed by atoms with Gasteiger partial charge in [-0.1, -0.05) is 91.0 Å². The van der Waals surface area contributed by atoms with Crippen molar-refractivity contribution < 1.29 is 13.2 Å². The fraction of sp³-hybridized carbons (Fsp3) is 0.111. The standard InChI is InChI=1S/C27H26N2O3S/c28-26(22-10-4-1-5-11-22)27(23-12-6-2-7-13-23)29-33(30,31)20-21-16-18-25(19-17-21)32-24-14-8-3-9-15-24/h1-19,26-27,29H,20,28H2. The summed E-state index contributed by atoms with van der Waals surface area (Å²) in [5.74, 6) is 1.20. The Morgan fingerprint density at radius 1 is 0.667 bits per heavy atom. The maximum atomic E-state index is 13.1. The molecule has 5 nitrogen and oxygen atoms in total. The molecule has 0 fully saturated rings. The lowest BCUT2D eigenvalue weighted by Crippen LogP contribution is -2.36. The molecule has 0 saturated carbocycles.